The Hall–Kier alpha value is -1.83. The van der Waals surface area contributed by atoms with Gasteiger partial charge in [-0.25, -0.2) is 0 Å². The van der Waals surface area contributed by atoms with Gasteiger partial charge in [-0.1, -0.05) is 63.2 Å². The Bertz CT molecular complexity index is 1050. The van der Waals surface area contributed by atoms with Crippen LogP contribution < -0.4 is 0 Å². The minimum Gasteiger partial charge on any atom is -0.342 e. The molecule has 1 heterocycles. The lowest BCUT2D eigenvalue weighted by Gasteiger charge is -2.63. The zero-order valence-corrected chi connectivity index (χ0v) is 20.3. The molecule has 4 fully saturated rings. The lowest BCUT2D eigenvalue weighted by Crippen LogP contribution is -2.63. The molecule has 32 heavy (non-hydrogen) atoms. The van der Waals surface area contributed by atoms with Crippen molar-refractivity contribution in [2.24, 2.45) is 34.5 Å². The molecule has 0 aromatic heterocycles. The fraction of sp³-hybridized carbons (Fsp3) is 0.633. The van der Waals surface area contributed by atoms with Crippen molar-refractivity contribution in [1.82, 2.24) is 4.90 Å². The minimum absolute atomic E-state index is 0.304. The number of hydrogen-bond donors (Lipinski definition) is 0. The van der Waals surface area contributed by atoms with Crippen LogP contribution in [0.3, 0.4) is 0 Å². The van der Waals surface area contributed by atoms with Gasteiger partial charge in [0.15, 0.2) is 0 Å². The third kappa shape index (κ3) is 2.68. The number of benzene rings is 2. The minimum atomic E-state index is 0.304. The van der Waals surface area contributed by atoms with E-state index in [9.17, 15) is 4.79 Å². The van der Waals surface area contributed by atoms with E-state index in [1.807, 2.05) is 0 Å². The van der Waals surface area contributed by atoms with E-state index in [2.05, 4.69) is 75.2 Å². The summed E-state index contributed by atoms with van der Waals surface area (Å²) in [5.41, 5.74) is 2.31. The van der Waals surface area contributed by atoms with Crippen LogP contribution in [0.1, 0.15) is 77.2 Å². The van der Waals surface area contributed by atoms with Crippen LogP contribution in [0.15, 0.2) is 42.5 Å². The second-order valence-corrected chi connectivity index (χ2v) is 12.3. The quantitative estimate of drug-likeness (QED) is 0.476. The third-order valence-electron chi connectivity index (χ3n) is 11.1. The summed E-state index contributed by atoms with van der Waals surface area (Å²) >= 11 is 0. The van der Waals surface area contributed by atoms with Gasteiger partial charge >= 0.3 is 0 Å². The van der Waals surface area contributed by atoms with E-state index < -0.39 is 0 Å². The Morgan fingerprint density at radius 1 is 0.906 bits per heavy atom. The summed E-state index contributed by atoms with van der Waals surface area (Å²) in [6, 6.07) is 16.4. The molecule has 0 N–H and O–H groups in total. The molecule has 1 amide bonds. The van der Waals surface area contributed by atoms with Crippen LogP contribution in [0.25, 0.3) is 10.8 Å². The number of carbonyl (C=O) groups is 1. The molecular weight excluding hydrogens is 390 g/mol. The van der Waals surface area contributed by atoms with E-state index in [4.69, 9.17) is 0 Å². The van der Waals surface area contributed by atoms with Crippen LogP contribution in [0.2, 0.25) is 0 Å². The molecule has 0 spiro atoms. The second kappa shape index (κ2) is 7.08. The van der Waals surface area contributed by atoms with Gasteiger partial charge in [-0.15, -0.1) is 0 Å². The Labute approximate surface area is 193 Å². The number of hydrogen-bond acceptors (Lipinski definition) is 1. The Morgan fingerprint density at radius 2 is 1.66 bits per heavy atom. The van der Waals surface area contributed by atoms with Crippen molar-refractivity contribution in [3.8, 4) is 0 Å². The van der Waals surface area contributed by atoms with E-state index in [0.717, 1.165) is 30.6 Å². The second-order valence-electron chi connectivity index (χ2n) is 12.3. The first kappa shape index (κ1) is 20.8. The monoisotopic (exact) mass is 429 g/mol. The summed E-state index contributed by atoms with van der Waals surface area (Å²) in [7, 11) is 2.08. The topological polar surface area (TPSA) is 20.3 Å². The molecule has 6 rings (SSSR count). The highest BCUT2D eigenvalue weighted by atomic mass is 16.2. The molecule has 2 aromatic carbocycles. The lowest BCUT2D eigenvalue weighted by molar-refractivity contribution is -0.165. The molecule has 3 aliphatic carbocycles. The zero-order chi connectivity index (χ0) is 22.3. The van der Waals surface area contributed by atoms with Gasteiger partial charge in [0, 0.05) is 19.5 Å². The van der Waals surface area contributed by atoms with Gasteiger partial charge < -0.3 is 4.90 Å². The molecule has 1 saturated heterocycles. The average Bonchev–Trinajstić information content (AvgIpc) is 3.14. The van der Waals surface area contributed by atoms with Crippen molar-refractivity contribution in [1.29, 1.82) is 0 Å². The van der Waals surface area contributed by atoms with Gasteiger partial charge in [-0.3, -0.25) is 4.79 Å². The maximum atomic E-state index is 12.5. The summed E-state index contributed by atoms with van der Waals surface area (Å²) in [6.07, 6.45) is 8.46. The Balaban J connectivity index is 1.37. The first-order valence-electron chi connectivity index (χ1n) is 13.1. The van der Waals surface area contributed by atoms with E-state index in [1.165, 1.54) is 42.9 Å². The molecule has 0 radical (unpaired) electrons. The predicted molar refractivity (Wildman–Crippen MR) is 131 cm³/mol. The van der Waals surface area contributed by atoms with Crippen LogP contribution in [0.4, 0.5) is 0 Å². The largest absolute Gasteiger partial charge is 0.342 e. The Morgan fingerprint density at radius 3 is 2.50 bits per heavy atom. The van der Waals surface area contributed by atoms with Crippen molar-refractivity contribution >= 4 is 16.7 Å². The average molecular weight is 430 g/mol. The van der Waals surface area contributed by atoms with Gasteiger partial charge in [0.1, 0.15) is 0 Å². The fourth-order valence-corrected chi connectivity index (χ4v) is 9.53. The van der Waals surface area contributed by atoms with Crippen LogP contribution in [0.5, 0.6) is 0 Å². The van der Waals surface area contributed by atoms with Gasteiger partial charge in [-0.05, 0) is 95.3 Å². The third-order valence-corrected chi connectivity index (χ3v) is 11.1. The van der Waals surface area contributed by atoms with Crippen molar-refractivity contribution in [2.75, 3.05) is 7.05 Å². The van der Waals surface area contributed by atoms with E-state index in [0.29, 0.717) is 34.6 Å². The van der Waals surface area contributed by atoms with E-state index >= 15 is 0 Å². The Kier molecular flexibility index (Phi) is 4.59. The first-order valence-corrected chi connectivity index (χ1v) is 13.1. The van der Waals surface area contributed by atoms with Gasteiger partial charge in [0.2, 0.25) is 5.91 Å². The molecule has 1 aliphatic heterocycles. The van der Waals surface area contributed by atoms with Crippen LogP contribution in [-0.2, 0) is 4.79 Å². The predicted octanol–water partition coefficient (Wildman–Crippen LogP) is 7.03. The summed E-state index contributed by atoms with van der Waals surface area (Å²) in [5.74, 6) is 4.17. The van der Waals surface area contributed by atoms with Gasteiger partial charge in [0.25, 0.3) is 0 Å². The molecular formula is C30H39NO. The van der Waals surface area contributed by atoms with Crippen molar-refractivity contribution in [3.63, 3.8) is 0 Å². The summed E-state index contributed by atoms with van der Waals surface area (Å²) in [6.45, 7) is 7.70. The van der Waals surface area contributed by atoms with Gasteiger partial charge in [-0.2, -0.15) is 0 Å². The summed E-state index contributed by atoms with van der Waals surface area (Å²) in [4.78, 5) is 14.7. The fourth-order valence-electron chi connectivity index (χ4n) is 9.53. The van der Waals surface area contributed by atoms with Crippen LogP contribution >= 0.6 is 0 Å². The SMILES string of the molecule is C[C@H]1C[C@H]2N(C)C(=O)CC[C@]2(C)[C@H]2CC[C@]3(C)[C@@H](c4cccc5ccccc45)CC[C@H]3[C@H]12. The smallest absolute Gasteiger partial charge is 0.222 e. The maximum absolute atomic E-state index is 12.5. The van der Waals surface area contributed by atoms with Crippen molar-refractivity contribution in [3.05, 3.63) is 48.0 Å². The number of rotatable bonds is 1. The normalized spacial score (nSPS) is 43.6. The molecule has 4 aliphatic rings. The number of piperidine rings is 1. The highest BCUT2D eigenvalue weighted by molar-refractivity contribution is 5.86. The first-order chi connectivity index (χ1) is 15.3. The number of fused-ring (bicyclic) bond motifs is 6. The molecule has 0 unspecified atom stereocenters. The maximum Gasteiger partial charge on any atom is 0.222 e. The van der Waals surface area contributed by atoms with Crippen LogP contribution in [-0.4, -0.2) is 23.9 Å². The molecule has 0 bridgehead atoms. The number of likely N-dealkylation sites (tertiary alicyclic amines) is 1. The summed E-state index contributed by atoms with van der Waals surface area (Å²) in [5, 5.41) is 2.86. The molecule has 2 heteroatoms. The zero-order valence-electron chi connectivity index (χ0n) is 20.3. The van der Waals surface area contributed by atoms with E-state index in [-0.39, 0.29) is 0 Å². The van der Waals surface area contributed by atoms with Crippen molar-refractivity contribution in [2.45, 2.75) is 77.7 Å². The molecule has 2 nitrogen and oxygen atoms in total. The molecule has 170 valence electrons. The number of nitrogens with zero attached hydrogens (tertiary/aromatic N) is 1. The lowest BCUT2D eigenvalue weighted by atomic mass is 9.44. The summed E-state index contributed by atoms with van der Waals surface area (Å²) < 4.78 is 0. The van der Waals surface area contributed by atoms with Crippen molar-refractivity contribution < 1.29 is 4.79 Å². The number of carbonyl (C=O) groups excluding carboxylic acids is 1. The molecule has 2 aromatic rings. The van der Waals surface area contributed by atoms with Gasteiger partial charge in [0.05, 0.1) is 0 Å². The van der Waals surface area contributed by atoms with E-state index in [1.54, 1.807) is 5.56 Å². The highest BCUT2D eigenvalue weighted by Gasteiger charge is 2.62. The number of amides is 1. The molecule has 3 saturated carbocycles. The molecule has 8 atom stereocenters. The highest BCUT2D eigenvalue weighted by Crippen LogP contribution is 2.69. The standard InChI is InChI=1S/C30H39NO/c1-19-18-26-30(3,17-15-27(32)31(26)4)25-14-16-29(2)23(12-13-24(29)28(19)25)22-11-7-9-20-8-5-6-10-21(20)22/h5-11,19,23-26,28H,12-18H2,1-4H3/t19-,23+,24-,25-,26+,28-,29+,30+/m0/s1. The van der Waals surface area contributed by atoms with Crippen LogP contribution in [0, 0.1) is 34.5 Å².